The van der Waals surface area contributed by atoms with Gasteiger partial charge in [0.2, 0.25) is 0 Å². The van der Waals surface area contributed by atoms with Gasteiger partial charge in [-0.25, -0.2) is 4.79 Å². The Bertz CT molecular complexity index is 416. The molecule has 0 spiro atoms. The molecule has 4 heteroatoms. The maximum absolute atomic E-state index is 11.5. The minimum atomic E-state index is -0.342. The van der Waals surface area contributed by atoms with E-state index in [0.717, 1.165) is 24.0 Å². The van der Waals surface area contributed by atoms with E-state index in [4.69, 9.17) is 15.2 Å². The Balaban J connectivity index is 2.56. The number of carbonyl (C=O) groups excluding carboxylic acids is 1. The average molecular weight is 265 g/mol. The highest BCUT2D eigenvalue weighted by molar-refractivity contribution is 5.71. The molecule has 0 aliphatic heterocycles. The SMILES string of the molecule is CCCCOC(=O)COc1cc(C)ccc1[C@@H](C)N. The van der Waals surface area contributed by atoms with Crippen LogP contribution in [-0.2, 0) is 9.53 Å². The zero-order chi connectivity index (χ0) is 14.3. The third-order valence-corrected chi connectivity index (χ3v) is 2.77. The highest BCUT2D eigenvalue weighted by Gasteiger charge is 2.10. The topological polar surface area (TPSA) is 61.5 Å². The van der Waals surface area contributed by atoms with E-state index in [1.807, 2.05) is 39.0 Å². The zero-order valence-corrected chi connectivity index (χ0v) is 11.9. The summed E-state index contributed by atoms with van der Waals surface area (Å²) in [6.45, 7) is 6.28. The van der Waals surface area contributed by atoms with Gasteiger partial charge in [-0.15, -0.1) is 0 Å². The molecule has 2 N–H and O–H groups in total. The van der Waals surface area contributed by atoms with E-state index >= 15 is 0 Å². The van der Waals surface area contributed by atoms with Crippen LogP contribution in [0.25, 0.3) is 0 Å². The Morgan fingerprint density at radius 3 is 2.79 bits per heavy atom. The second-order valence-corrected chi connectivity index (χ2v) is 4.69. The van der Waals surface area contributed by atoms with Crippen LogP contribution in [0.3, 0.4) is 0 Å². The van der Waals surface area contributed by atoms with Crippen molar-refractivity contribution in [1.82, 2.24) is 0 Å². The van der Waals surface area contributed by atoms with Crippen LogP contribution in [-0.4, -0.2) is 19.2 Å². The second-order valence-electron chi connectivity index (χ2n) is 4.69. The molecule has 0 fully saturated rings. The molecular weight excluding hydrogens is 242 g/mol. The molecule has 1 aromatic carbocycles. The molecule has 0 radical (unpaired) electrons. The number of nitrogens with two attached hydrogens (primary N) is 1. The minimum absolute atomic E-state index is 0.0765. The summed E-state index contributed by atoms with van der Waals surface area (Å²) in [6.07, 6.45) is 1.88. The summed E-state index contributed by atoms with van der Waals surface area (Å²) in [5.74, 6) is 0.313. The fourth-order valence-electron chi connectivity index (χ4n) is 1.65. The molecule has 0 saturated carbocycles. The first-order valence-electron chi connectivity index (χ1n) is 6.69. The van der Waals surface area contributed by atoms with E-state index in [2.05, 4.69) is 0 Å². The Hall–Kier alpha value is -1.55. The Morgan fingerprint density at radius 2 is 2.16 bits per heavy atom. The number of hydrogen-bond acceptors (Lipinski definition) is 4. The maximum atomic E-state index is 11.5. The smallest absolute Gasteiger partial charge is 0.344 e. The molecular formula is C15H23NO3. The van der Waals surface area contributed by atoms with Gasteiger partial charge >= 0.3 is 5.97 Å². The number of rotatable bonds is 7. The van der Waals surface area contributed by atoms with Crippen molar-refractivity contribution >= 4 is 5.97 Å². The summed E-state index contributed by atoms with van der Waals surface area (Å²) < 4.78 is 10.6. The van der Waals surface area contributed by atoms with Gasteiger partial charge in [-0.05, 0) is 31.9 Å². The van der Waals surface area contributed by atoms with E-state index in [1.54, 1.807) is 0 Å². The van der Waals surface area contributed by atoms with Crippen molar-refractivity contribution in [3.8, 4) is 5.75 Å². The molecule has 0 amide bonds. The first-order chi connectivity index (χ1) is 9.04. The number of esters is 1. The highest BCUT2D eigenvalue weighted by Crippen LogP contribution is 2.25. The molecule has 1 rings (SSSR count). The fourth-order valence-corrected chi connectivity index (χ4v) is 1.65. The van der Waals surface area contributed by atoms with Gasteiger partial charge in [0.1, 0.15) is 5.75 Å². The summed E-state index contributed by atoms with van der Waals surface area (Å²) in [4.78, 5) is 11.5. The van der Waals surface area contributed by atoms with Crippen molar-refractivity contribution in [2.45, 2.75) is 39.7 Å². The minimum Gasteiger partial charge on any atom is -0.482 e. The van der Waals surface area contributed by atoms with Crippen LogP contribution in [0.1, 0.15) is 43.9 Å². The molecule has 0 saturated heterocycles. The largest absolute Gasteiger partial charge is 0.482 e. The van der Waals surface area contributed by atoms with Gasteiger partial charge in [0.25, 0.3) is 0 Å². The number of ether oxygens (including phenoxy) is 2. The summed E-state index contributed by atoms with van der Waals surface area (Å²) in [5, 5.41) is 0. The van der Waals surface area contributed by atoms with Crippen LogP contribution in [0.4, 0.5) is 0 Å². The first-order valence-corrected chi connectivity index (χ1v) is 6.69. The molecule has 4 nitrogen and oxygen atoms in total. The molecule has 0 unspecified atom stereocenters. The summed E-state index contributed by atoms with van der Waals surface area (Å²) in [5.41, 5.74) is 7.84. The Kier molecular flexibility index (Phi) is 6.36. The van der Waals surface area contributed by atoms with Crippen molar-refractivity contribution in [3.05, 3.63) is 29.3 Å². The molecule has 0 aliphatic rings. The summed E-state index contributed by atoms with van der Waals surface area (Å²) in [6, 6.07) is 5.66. The Morgan fingerprint density at radius 1 is 1.42 bits per heavy atom. The predicted molar refractivity (Wildman–Crippen MR) is 75.1 cm³/mol. The number of hydrogen-bond donors (Lipinski definition) is 1. The van der Waals surface area contributed by atoms with E-state index in [9.17, 15) is 4.79 Å². The lowest BCUT2D eigenvalue weighted by atomic mass is 10.1. The quantitative estimate of drug-likeness (QED) is 0.608. The number of benzene rings is 1. The maximum Gasteiger partial charge on any atom is 0.344 e. The number of unbranched alkanes of at least 4 members (excludes halogenated alkanes) is 1. The van der Waals surface area contributed by atoms with Gasteiger partial charge in [-0.1, -0.05) is 25.5 Å². The van der Waals surface area contributed by atoms with Crippen LogP contribution >= 0.6 is 0 Å². The second kappa shape index (κ2) is 7.79. The first kappa shape index (κ1) is 15.5. The molecule has 106 valence electrons. The van der Waals surface area contributed by atoms with Crippen LogP contribution in [0, 0.1) is 6.92 Å². The molecule has 1 aromatic rings. The van der Waals surface area contributed by atoms with E-state index in [0.29, 0.717) is 12.4 Å². The van der Waals surface area contributed by atoms with E-state index in [-0.39, 0.29) is 18.6 Å². The fraction of sp³-hybridized carbons (Fsp3) is 0.533. The van der Waals surface area contributed by atoms with E-state index in [1.165, 1.54) is 0 Å². The zero-order valence-electron chi connectivity index (χ0n) is 11.9. The molecule has 1 atom stereocenters. The lowest BCUT2D eigenvalue weighted by Crippen LogP contribution is -2.17. The standard InChI is InChI=1S/C15H23NO3/c1-4-5-8-18-15(17)10-19-14-9-11(2)6-7-13(14)12(3)16/h6-7,9,12H,4-5,8,10,16H2,1-3H3/t12-/m1/s1. The van der Waals surface area contributed by atoms with Crippen LogP contribution in [0.15, 0.2) is 18.2 Å². The van der Waals surface area contributed by atoms with Crippen LogP contribution in [0.2, 0.25) is 0 Å². The van der Waals surface area contributed by atoms with Gasteiger partial charge < -0.3 is 15.2 Å². The Labute approximate surface area is 114 Å². The van der Waals surface area contributed by atoms with Crippen LogP contribution in [0.5, 0.6) is 5.75 Å². The molecule has 0 bridgehead atoms. The van der Waals surface area contributed by atoms with Crippen molar-refractivity contribution in [2.75, 3.05) is 13.2 Å². The van der Waals surface area contributed by atoms with Crippen molar-refractivity contribution in [1.29, 1.82) is 0 Å². The van der Waals surface area contributed by atoms with Crippen molar-refractivity contribution in [3.63, 3.8) is 0 Å². The highest BCUT2D eigenvalue weighted by atomic mass is 16.6. The predicted octanol–water partition coefficient (Wildman–Crippen LogP) is 2.74. The normalized spacial score (nSPS) is 12.0. The molecule has 19 heavy (non-hydrogen) atoms. The van der Waals surface area contributed by atoms with Crippen LogP contribution < -0.4 is 10.5 Å². The molecule has 0 aromatic heterocycles. The van der Waals surface area contributed by atoms with Gasteiger partial charge in [0, 0.05) is 11.6 Å². The summed E-state index contributed by atoms with van der Waals surface area (Å²) in [7, 11) is 0. The van der Waals surface area contributed by atoms with Crippen molar-refractivity contribution < 1.29 is 14.3 Å². The van der Waals surface area contributed by atoms with Gasteiger partial charge in [-0.2, -0.15) is 0 Å². The van der Waals surface area contributed by atoms with Gasteiger partial charge in [-0.3, -0.25) is 0 Å². The monoisotopic (exact) mass is 265 g/mol. The lowest BCUT2D eigenvalue weighted by Gasteiger charge is -2.14. The van der Waals surface area contributed by atoms with Gasteiger partial charge in [0.05, 0.1) is 6.61 Å². The van der Waals surface area contributed by atoms with Crippen molar-refractivity contribution in [2.24, 2.45) is 5.73 Å². The van der Waals surface area contributed by atoms with Gasteiger partial charge in [0.15, 0.2) is 6.61 Å². The third kappa shape index (κ3) is 5.30. The lowest BCUT2D eigenvalue weighted by molar-refractivity contribution is -0.146. The summed E-state index contributed by atoms with van der Waals surface area (Å²) >= 11 is 0. The number of aryl methyl sites for hydroxylation is 1. The average Bonchev–Trinajstić information content (AvgIpc) is 2.36. The van der Waals surface area contributed by atoms with E-state index < -0.39 is 0 Å². The third-order valence-electron chi connectivity index (χ3n) is 2.77. The number of carbonyl (C=O) groups is 1. The molecule has 0 heterocycles. The molecule has 0 aliphatic carbocycles.